The van der Waals surface area contributed by atoms with Crippen molar-refractivity contribution in [2.75, 3.05) is 5.32 Å². The molecular weight excluding hydrogens is 310 g/mol. The monoisotopic (exact) mass is 327 g/mol. The van der Waals surface area contributed by atoms with Crippen molar-refractivity contribution in [1.82, 2.24) is 9.97 Å². The van der Waals surface area contributed by atoms with Crippen LogP contribution in [0.25, 0.3) is 21.8 Å². The number of hydrogen-bond donors (Lipinski definition) is 1. The van der Waals surface area contributed by atoms with Gasteiger partial charge in [0.15, 0.2) is 0 Å². The van der Waals surface area contributed by atoms with Crippen molar-refractivity contribution in [2.45, 2.75) is 13.8 Å². The number of amides is 1. The molecule has 25 heavy (non-hydrogen) atoms. The first-order valence-electron chi connectivity index (χ1n) is 8.15. The van der Waals surface area contributed by atoms with Gasteiger partial charge in [0.1, 0.15) is 0 Å². The lowest BCUT2D eigenvalue weighted by Gasteiger charge is -2.08. The van der Waals surface area contributed by atoms with Crippen molar-refractivity contribution in [2.24, 2.45) is 0 Å². The number of rotatable bonds is 2. The summed E-state index contributed by atoms with van der Waals surface area (Å²) in [5, 5.41) is 5.19. The summed E-state index contributed by atoms with van der Waals surface area (Å²) in [7, 11) is 0. The van der Waals surface area contributed by atoms with Gasteiger partial charge in [-0.15, -0.1) is 0 Å². The quantitative estimate of drug-likeness (QED) is 0.583. The fraction of sp³-hybridized carbons (Fsp3) is 0.0952. The average molecular weight is 327 g/mol. The van der Waals surface area contributed by atoms with E-state index in [1.165, 1.54) is 0 Å². The number of carbonyl (C=O) groups is 1. The smallest absolute Gasteiger partial charge is 0.255 e. The van der Waals surface area contributed by atoms with Gasteiger partial charge in [0.05, 0.1) is 22.4 Å². The molecule has 0 bridgehead atoms. The molecule has 0 fully saturated rings. The Bertz CT molecular complexity index is 1120. The minimum absolute atomic E-state index is 0.155. The highest BCUT2D eigenvalue weighted by Gasteiger charge is 2.09. The topological polar surface area (TPSA) is 54.9 Å². The highest BCUT2D eigenvalue weighted by molar-refractivity contribution is 6.06. The van der Waals surface area contributed by atoms with Crippen LogP contribution >= 0.6 is 0 Å². The number of anilines is 1. The molecule has 0 atom stereocenters. The second-order valence-corrected chi connectivity index (χ2v) is 6.11. The SMILES string of the molecule is Cc1nc2ccc(C(=O)Nc3ccc4ccccc4c3)cc2nc1C. The van der Waals surface area contributed by atoms with E-state index in [1.807, 2.05) is 62.4 Å². The molecule has 1 amide bonds. The molecule has 4 rings (SSSR count). The van der Waals surface area contributed by atoms with Crippen LogP contribution in [0.1, 0.15) is 21.7 Å². The predicted molar refractivity (Wildman–Crippen MR) is 101 cm³/mol. The van der Waals surface area contributed by atoms with Crippen LogP contribution < -0.4 is 5.32 Å². The summed E-state index contributed by atoms with van der Waals surface area (Å²) in [5.41, 5.74) is 4.65. The van der Waals surface area contributed by atoms with Crippen LogP contribution in [0, 0.1) is 13.8 Å². The first-order chi connectivity index (χ1) is 12.1. The third-order valence-corrected chi connectivity index (χ3v) is 4.34. The second kappa shape index (κ2) is 5.98. The van der Waals surface area contributed by atoms with E-state index in [2.05, 4.69) is 15.3 Å². The number of nitrogens with zero attached hydrogens (tertiary/aromatic N) is 2. The molecule has 0 aliphatic rings. The molecule has 4 aromatic rings. The van der Waals surface area contributed by atoms with Crippen LogP contribution in [0.5, 0.6) is 0 Å². The maximum absolute atomic E-state index is 12.6. The minimum Gasteiger partial charge on any atom is -0.322 e. The predicted octanol–water partition coefficient (Wildman–Crippen LogP) is 4.65. The highest BCUT2D eigenvalue weighted by atomic mass is 16.1. The molecule has 0 saturated carbocycles. The van der Waals surface area contributed by atoms with Crippen molar-refractivity contribution in [1.29, 1.82) is 0 Å². The van der Waals surface area contributed by atoms with Crippen molar-refractivity contribution in [3.63, 3.8) is 0 Å². The molecule has 0 radical (unpaired) electrons. The van der Waals surface area contributed by atoms with Gasteiger partial charge in [0, 0.05) is 11.3 Å². The summed E-state index contributed by atoms with van der Waals surface area (Å²) in [5.74, 6) is -0.155. The maximum Gasteiger partial charge on any atom is 0.255 e. The molecule has 0 saturated heterocycles. The Labute approximate surface area is 145 Å². The van der Waals surface area contributed by atoms with Crippen molar-refractivity contribution in [3.8, 4) is 0 Å². The van der Waals surface area contributed by atoms with Gasteiger partial charge in [-0.3, -0.25) is 4.79 Å². The lowest BCUT2D eigenvalue weighted by atomic mass is 10.1. The molecule has 122 valence electrons. The van der Waals surface area contributed by atoms with E-state index in [-0.39, 0.29) is 5.91 Å². The number of aryl methyl sites for hydroxylation is 2. The van der Waals surface area contributed by atoms with Gasteiger partial charge in [-0.2, -0.15) is 0 Å². The molecule has 3 aromatic carbocycles. The van der Waals surface area contributed by atoms with E-state index in [1.54, 1.807) is 12.1 Å². The molecule has 0 aliphatic carbocycles. The molecular formula is C21H17N3O. The zero-order chi connectivity index (χ0) is 17.4. The van der Waals surface area contributed by atoms with Gasteiger partial charge in [-0.1, -0.05) is 30.3 Å². The van der Waals surface area contributed by atoms with Crippen molar-refractivity contribution >= 4 is 33.4 Å². The van der Waals surface area contributed by atoms with E-state index in [9.17, 15) is 4.79 Å². The Morgan fingerprint density at radius 1 is 0.800 bits per heavy atom. The van der Waals surface area contributed by atoms with Gasteiger partial charge < -0.3 is 5.32 Å². The van der Waals surface area contributed by atoms with Crippen molar-refractivity contribution in [3.05, 3.63) is 77.6 Å². The Kier molecular flexibility index (Phi) is 3.65. The van der Waals surface area contributed by atoms with Gasteiger partial charge in [0.25, 0.3) is 5.91 Å². The van der Waals surface area contributed by atoms with Gasteiger partial charge in [-0.25, -0.2) is 9.97 Å². The Hall–Kier alpha value is -3.27. The van der Waals surface area contributed by atoms with E-state index >= 15 is 0 Å². The number of nitrogens with one attached hydrogen (secondary N) is 1. The Balaban J connectivity index is 1.65. The second-order valence-electron chi connectivity index (χ2n) is 6.11. The number of hydrogen-bond acceptors (Lipinski definition) is 3. The molecule has 1 heterocycles. The Morgan fingerprint density at radius 2 is 1.52 bits per heavy atom. The lowest BCUT2D eigenvalue weighted by molar-refractivity contribution is 0.102. The number of benzene rings is 3. The van der Waals surface area contributed by atoms with E-state index in [4.69, 9.17) is 0 Å². The zero-order valence-corrected chi connectivity index (χ0v) is 14.1. The summed E-state index contributed by atoms with van der Waals surface area (Å²) in [6.45, 7) is 3.85. The van der Waals surface area contributed by atoms with Crippen LogP contribution in [-0.4, -0.2) is 15.9 Å². The van der Waals surface area contributed by atoms with Crippen LogP contribution in [0.2, 0.25) is 0 Å². The standard InChI is InChI=1S/C21H17N3O/c1-13-14(2)23-20-12-17(8-10-19(20)22-13)21(25)24-18-9-7-15-5-3-4-6-16(15)11-18/h3-12H,1-2H3,(H,24,25). The van der Waals surface area contributed by atoms with Crippen LogP contribution in [0.3, 0.4) is 0 Å². The van der Waals surface area contributed by atoms with E-state index < -0.39 is 0 Å². The molecule has 0 aliphatic heterocycles. The number of carbonyl (C=O) groups excluding carboxylic acids is 1. The summed E-state index contributed by atoms with van der Waals surface area (Å²) >= 11 is 0. The number of aromatic nitrogens is 2. The van der Waals surface area contributed by atoms with Crippen molar-refractivity contribution < 1.29 is 4.79 Å². The molecule has 0 spiro atoms. The molecule has 4 nitrogen and oxygen atoms in total. The first kappa shape index (κ1) is 15.3. The molecule has 1 aromatic heterocycles. The third kappa shape index (κ3) is 2.94. The van der Waals surface area contributed by atoms with Gasteiger partial charge in [-0.05, 0) is 55.0 Å². The van der Waals surface area contributed by atoms with E-state index in [0.717, 1.165) is 38.9 Å². The molecule has 4 heteroatoms. The first-order valence-corrected chi connectivity index (χ1v) is 8.15. The summed E-state index contributed by atoms with van der Waals surface area (Å²) < 4.78 is 0. The maximum atomic E-state index is 12.6. The lowest BCUT2D eigenvalue weighted by Crippen LogP contribution is -2.12. The van der Waals surface area contributed by atoms with Gasteiger partial charge >= 0.3 is 0 Å². The summed E-state index contributed by atoms with van der Waals surface area (Å²) in [6, 6.07) is 19.4. The molecule has 0 unspecified atom stereocenters. The summed E-state index contributed by atoms with van der Waals surface area (Å²) in [6.07, 6.45) is 0. The molecule has 1 N–H and O–H groups in total. The zero-order valence-electron chi connectivity index (χ0n) is 14.1. The van der Waals surface area contributed by atoms with E-state index in [0.29, 0.717) is 5.56 Å². The average Bonchev–Trinajstić information content (AvgIpc) is 2.62. The normalized spacial score (nSPS) is 11.0. The fourth-order valence-corrected chi connectivity index (χ4v) is 2.84. The minimum atomic E-state index is -0.155. The van der Waals surface area contributed by atoms with Crippen LogP contribution in [0.15, 0.2) is 60.7 Å². The number of fused-ring (bicyclic) bond motifs is 2. The third-order valence-electron chi connectivity index (χ3n) is 4.34. The van der Waals surface area contributed by atoms with Crippen LogP contribution in [-0.2, 0) is 0 Å². The summed E-state index contributed by atoms with van der Waals surface area (Å²) in [4.78, 5) is 21.6. The Morgan fingerprint density at radius 3 is 2.32 bits per heavy atom. The van der Waals surface area contributed by atoms with Gasteiger partial charge in [0.2, 0.25) is 0 Å². The largest absolute Gasteiger partial charge is 0.322 e. The van der Waals surface area contributed by atoms with Crippen LogP contribution in [0.4, 0.5) is 5.69 Å². The fourth-order valence-electron chi connectivity index (χ4n) is 2.84. The highest BCUT2D eigenvalue weighted by Crippen LogP contribution is 2.20.